The lowest BCUT2D eigenvalue weighted by Crippen LogP contribution is -2.37. The Morgan fingerprint density at radius 2 is 2.15 bits per heavy atom. The molecule has 1 saturated heterocycles. The summed E-state index contributed by atoms with van der Waals surface area (Å²) in [5.41, 5.74) is 0.522. The van der Waals surface area contributed by atoms with E-state index in [9.17, 15) is 4.79 Å². The van der Waals surface area contributed by atoms with Crippen molar-refractivity contribution in [3.63, 3.8) is 0 Å². The summed E-state index contributed by atoms with van der Waals surface area (Å²) >= 11 is 8.14. The van der Waals surface area contributed by atoms with Crippen LogP contribution in [0.25, 0.3) is 0 Å². The fourth-order valence-corrected chi connectivity index (χ4v) is 4.07. The number of methoxy groups -OCH3 is 1. The summed E-state index contributed by atoms with van der Waals surface area (Å²) in [5, 5.41) is 5.37. The maximum Gasteiger partial charge on any atom is 0.251 e. The summed E-state index contributed by atoms with van der Waals surface area (Å²) in [6, 6.07) is 9.46. The highest BCUT2D eigenvalue weighted by molar-refractivity contribution is 7.09. The van der Waals surface area contributed by atoms with E-state index >= 15 is 0 Å². The average Bonchev–Trinajstić information content (AvgIpc) is 3.18. The first-order chi connectivity index (χ1) is 13.2. The van der Waals surface area contributed by atoms with E-state index in [0.717, 1.165) is 32.5 Å². The Balaban J connectivity index is 1.49. The molecule has 0 radical (unpaired) electrons. The first-order valence-electron chi connectivity index (χ1n) is 9.14. The highest BCUT2D eigenvalue weighted by Gasteiger charge is 2.22. The van der Waals surface area contributed by atoms with Crippen LogP contribution in [0.3, 0.4) is 0 Å². The maximum absolute atomic E-state index is 12.1. The van der Waals surface area contributed by atoms with Gasteiger partial charge in [0.15, 0.2) is 0 Å². The number of carbonyl (C=O) groups excluding carboxylic acids is 1. The van der Waals surface area contributed by atoms with E-state index in [1.165, 1.54) is 4.88 Å². The summed E-state index contributed by atoms with van der Waals surface area (Å²) < 4.78 is 11.0. The SMILES string of the molecule is COCCNC(=O)c1ccc(OC2CCN(Cc3cccs3)CC2)c(Cl)c1. The molecule has 7 heteroatoms. The van der Waals surface area contributed by atoms with Gasteiger partial charge in [0, 0.05) is 43.7 Å². The third-order valence-corrected chi connectivity index (χ3v) is 5.73. The number of hydrogen-bond donors (Lipinski definition) is 1. The summed E-state index contributed by atoms with van der Waals surface area (Å²) in [4.78, 5) is 15.9. The van der Waals surface area contributed by atoms with E-state index in [0.29, 0.717) is 29.5 Å². The molecule has 0 saturated carbocycles. The molecular formula is C20H25ClN2O3S. The Hall–Kier alpha value is -1.60. The van der Waals surface area contributed by atoms with Crippen molar-refractivity contribution in [2.75, 3.05) is 33.4 Å². The van der Waals surface area contributed by atoms with Crippen LogP contribution in [-0.4, -0.2) is 50.3 Å². The number of carbonyl (C=O) groups is 1. The molecule has 1 fully saturated rings. The van der Waals surface area contributed by atoms with Crippen LogP contribution in [0.15, 0.2) is 35.7 Å². The lowest BCUT2D eigenvalue weighted by molar-refractivity contribution is 0.0935. The summed E-state index contributed by atoms with van der Waals surface area (Å²) in [6.45, 7) is 3.99. The molecule has 1 aliphatic rings. The number of nitrogens with zero attached hydrogens (tertiary/aromatic N) is 1. The largest absolute Gasteiger partial charge is 0.489 e. The molecule has 2 heterocycles. The van der Waals surface area contributed by atoms with Crippen LogP contribution in [0.2, 0.25) is 5.02 Å². The molecule has 27 heavy (non-hydrogen) atoms. The molecule has 2 aromatic rings. The van der Waals surface area contributed by atoms with Crippen molar-refractivity contribution < 1.29 is 14.3 Å². The Bertz CT molecular complexity index is 731. The van der Waals surface area contributed by atoms with Gasteiger partial charge < -0.3 is 14.8 Å². The standard InChI is InChI=1S/C20H25ClN2O3S/c1-25-11-8-22-20(24)15-4-5-19(18(21)13-15)26-16-6-9-23(10-7-16)14-17-3-2-12-27-17/h2-5,12-13,16H,6-11,14H2,1H3,(H,22,24). The number of piperidine rings is 1. The molecule has 1 aromatic heterocycles. The maximum atomic E-state index is 12.1. The molecule has 5 nitrogen and oxygen atoms in total. The Morgan fingerprint density at radius 3 is 2.81 bits per heavy atom. The first-order valence-corrected chi connectivity index (χ1v) is 10.4. The zero-order valence-electron chi connectivity index (χ0n) is 15.4. The van der Waals surface area contributed by atoms with Crippen molar-refractivity contribution in [3.05, 3.63) is 51.2 Å². The molecule has 0 bridgehead atoms. The van der Waals surface area contributed by atoms with Crippen molar-refractivity contribution in [1.29, 1.82) is 0 Å². The minimum absolute atomic E-state index is 0.156. The van der Waals surface area contributed by atoms with Crippen LogP contribution in [0.5, 0.6) is 5.75 Å². The van der Waals surface area contributed by atoms with Crippen molar-refractivity contribution >= 4 is 28.8 Å². The van der Waals surface area contributed by atoms with E-state index in [2.05, 4.69) is 27.7 Å². The lowest BCUT2D eigenvalue weighted by atomic mass is 10.1. The van der Waals surface area contributed by atoms with E-state index in [4.69, 9.17) is 21.1 Å². The molecule has 0 spiro atoms. The quantitative estimate of drug-likeness (QED) is 0.674. The third kappa shape index (κ3) is 5.94. The number of nitrogens with one attached hydrogen (secondary N) is 1. The topological polar surface area (TPSA) is 50.8 Å². The third-order valence-electron chi connectivity index (χ3n) is 4.57. The number of likely N-dealkylation sites (tertiary alicyclic amines) is 1. The van der Waals surface area contributed by atoms with Gasteiger partial charge in [0.1, 0.15) is 11.9 Å². The molecule has 0 aliphatic carbocycles. The minimum atomic E-state index is -0.164. The van der Waals surface area contributed by atoms with Gasteiger partial charge in [-0.2, -0.15) is 0 Å². The molecule has 0 atom stereocenters. The van der Waals surface area contributed by atoms with Gasteiger partial charge in [-0.25, -0.2) is 0 Å². The number of ether oxygens (including phenoxy) is 2. The summed E-state index contributed by atoms with van der Waals surface area (Å²) in [6.07, 6.45) is 2.10. The first kappa shape index (κ1) is 20.1. The van der Waals surface area contributed by atoms with Gasteiger partial charge in [0.2, 0.25) is 0 Å². The van der Waals surface area contributed by atoms with Crippen molar-refractivity contribution in [2.24, 2.45) is 0 Å². The molecule has 146 valence electrons. The van der Waals surface area contributed by atoms with E-state index < -0.39 is 0 Å². The van der Waals surface area contributed by atoms with Crippen LogP contribution in [0.1, 0.15) is 28.1 Å². The zero-order valence-corrected chi connectivity index (χ0v) is 17.0. The van der Waals surface area contributed by atoms with Gasteiger partial charge in [0.05, 0.1) is 11.6 Å². The second kappa shape index (κ2) is 10.1. The summed E-state index contributed by atoms with van der Waals surface area (Å²) in [7, 11) is 1.60. The van der Waals surface area contributed by atoms with Crippen LogP contribution in [0, 0.1) is 0 Å². The molecule has 1 aromatic carbocycles. The van der Waals surface area contributed by atoms with E-state index in [1.54, 1.807) is 36.6 Å². The van der Waals surface area contributed by atoms with E-state index in [1.807, 2.05) is 0 Å². The van der Waals surface area contributed by atoms with Gasteiger partial charge in [-0.05, 0) is 42.5 Å². The van der Waals surface area contributed by atoms with Crippen LogP contribution in [0.4, 0.5) is 0 Å². The molecule has 1 N–H and O–H groups in total. The Morgan fingerprint density at radius 1 is 1.33 bits per heavy atom. The van der Waals surface area contributed by atoms with E-state index in [-0.39, 0.29) is 12.0 Å². The summed E-state index contributed by atoms with van der Waals surface area (Å²) in [5.74, 6) is 0.476. The molecule has 1 aliphatic heterocycles. The monoisotopic (exact) mass is 408 g/mol. The fraction of sp³-hybridized carbons (Fsp3) is 0.450. The average molecular weight is 409 g/mol. The number of rotatable bonds is 8. The van der Waals surface area contributed by atoms with Gasteiger partial charge in [-0.1, -0.05) is 17.7 Å². The molecule has 0 unspecified atom stereocenters. The predicted molar refractivity (Wildman–Crippen MR) is 109 cm³/mol. The highest BCUT2D eigenvalue weighted by Crippen LogP contribution is 2.29. The second-order valence-corrected chi connectivity index (χ2v) is 8.01. The van der Waals surface area contributed by atoms with Crippen molar-refractivity contribution in [1.82, 2.24) is 10.2 Å². The zero-order chi connectivity index (χ0) is 19.1. The molecular weight excluding hydrogens is 384 g/mol. The Labute approximate surface area is 169 Å². The van der Waals surface area contributed by atoms with Crippen LogP contribution < -0.4 is 10.1 Å². The van der Waals surface area contributed by atoms with Crippen molar-refractivity contribution in [3.8, 4) is 5.75 Å². The normalized spacial score (nSPS) is 15.6. The van der Waals surface area contributed by atoms with Crippen molar-refractivity contribution in [2.45, 2.75) is 25.5 Å². The fourth-order valence-electron chi connectivity index (χ4n) is 3.09. The van der Waals surface area contributed by atoms with Gasteiger partial charge in [-0.15, -0.1) is 11.3 Å². The highest BCUT2D eigenvalue weighted by atomic mass is 35.5. The number of halogens is 1. The number of benzene rings is 1. The van der Waals surface area contributed by atoms with Crippen LogP contribution in [-0.2, 0) is 11.3 Å². The second-order valence-electron chi connectivity index (χ2n) is 6.57. The van der Waals surface area contributed by atoms with Gasteiger partial charge >= 0.3 is 0 Å². The number of hydrogen-bond acceptors (Lipinski definition) is 5. The predicted octanol–water partition coefficient (Wildman–Crippen LogP) is 3.82. The minimum Gasteiger partial charge on any atom is -0.489 e. The van der Waals surface area contributed by atoms with Gasteiger partial charge in [0.25, 0.3) is 5.91 Å². The number of amides is 1. The molecule has 1 amide bonds. The lowest BCUT2D eigenvalue weighted by Gasteiger charge is -2.32. The number of thiophene rings is 1. The molecule has 3 rings (SSSR count). The van der Waals surface area contributed by atoms with Crippen LogP contribution >= 0.6 is 22.9 Å². The smallest absolute Gasteiger partial charge is 0.251 e. The van der Waals surface area contributed by atoms with Gasteiger partial charge in [-0.3, -0.25) is 9.69 Å². The Kier molecular flexibility index (Phi) is 7.52.